The number of benzene rings is 1. The summed E-state index contributed by atoms with van der Waals surface area (Å²) < 4.78 is 33.3. The van der Waals surface area contributed by atoms with Crippen LogP contribution in [0.5, 0.6) is 0 Å². The Morgan fingerprint density at radius 1 is 1.29 bits per heavy atom. The molecule has 0 aliphatic carbocycles. The van der Waals surface area contributed by atoms with Gasteiger partial charge >= 0.3 is 0 Å². The van der Waals surface area contributed by atoms with Crippen LogP contribution in [0.3, 0.4) is 0 Å². The van der Waals surface area contributed by atoms with E-state index in [0.717, 1.165) is 19.4 Å². The minimum atomic E-state index is -3.95. The first-order valence-corrected chi connectivity index (χ1v) is 9.44. The fraction of sp³-hybridized carbons (Fsp3) is 0.600. The van der Waals surface area contributed by atoms with Crippen molar-refractivity contribution >= 4 is 15.7 Å². The normalized spacial score (nSPS) is 23.9. The molecule has 132 valence electrons. The molecule has 1 atom stereocenters. The molecule has 0 bridgehead atoms. The first-order chi connectivity index (χ1) is 11.4. The third-order valence-electron chi connectivity index (χ3n) is 4.80. The van der Waals surface area contributed by atoms with Crippen LogP contribution >= 0.6 is 0 Å². The molecule has 1 spiro atoms. The highest BCUT2D eigenvalue weighted by atomic mass is 32.2. The van der Waals surface area contributed by atoms with E-state index in [-0.39, 0.29) is 16.4 Å². The Labute approximate surface area is 140 Å². The van der Waals surface area contributed by atoms with Crippen molar-refractivity contribution in [1.82, 2.24) is 10.0 Å². The van der Waals surface area contributed by atoms with E-state index in [4.69, 9.17) is 4.74 Å². The molecule has 1 aromatic carbocycles. The molecule has 0 radical (unpaired) electrons. The van der Waals surface area contributed by atoms with Gasteiger partial charge in [0.2, 0.25) is 10.0 Å². The van der Waals surface area contributed by atoms with Crippen molar-refractivity contribution in [3.8, 4) is 0 Å². The summed E-state index contributed by atoms with van der Waals surface area (Å²) >= 11 is 0. The van der Waals surface area contributed by atoms with Crippen LogP contribution in [0.4, 0.5) is 5.69 Å². The van der Waals surface area contributed by atoms with Crippen LogP contribution in [-0.4, -0.2) is 45.7 Å². The standard InChI is InChI=1S/C15H21N3O5S/c19-18(20)13-3-1-2-4-14(13)24(21,22)17-12-9-15(11-16-10-12)5-7-23-8-6-15/h1-4,12,16-17H,5-11H2. The molecule has 1 aromatic rings. The molecule has 8 nitrogen and oxygen atoms in total. The van der Waals surface area contributed by atoms with Crippen LogP contribution in [0.2, 0.25) is 0 Å². The summed E-state index contributed by atoms with van der Waals surface area (Å²) in [4.78, 5) is 10.1. The average molecular weight is 355 g/mol. The number of hydrogen-bond acceptors (Lipinski definition) is 6. The molecular weight excluding hydrogens is 334 g/mol. The highest BCUT2D eigenvalue weighted by Gasteiger charge is 2.39. The van der Waals surface area contributed by atoms with Crippen molar-refractivity contribution < 1.29 is 18.1 Å². The van der Waals surface area contributed by atoms with Crippen LogP contribution in [0.25, 0.3) is 0 Å². The molecule has 2 aliphatic heterocycles. The molecule has 1 unspecified atom stereocenters. The molecular formula is C15H21N3O5S. The molecule has 0 saturated carbocycles. The quantitative estimate of drug-likeness (QED) is 0.616. The Morgan fingerprint density at radius 2 is 2.00 bits per heavy atom. The lowest BCUT2D eigenvalue weighted by Crippen LogP contribution is -2.54. The van der Waals surface area contributed by atoms with E-state index in [2.05, 4.69) is 10.0 Å². The summed E-state index contributed by atoms with van der Waals surface area (Å²) in [6, 6.07) is 5.12. The lowest BCUT2D eigenvalue weighted by atomic mass is 9.73. The maximum absolute atomic E-state index is 12.6. The van der Waals surface area contributed by atoms with E-state index < -0.39 is 20.6 Å². The fourth-order valence-electron chi connectivity index (χ4n) is 3.57. The van der Waals surface area contributed by atoms with Gasteiger partial charge in [0.05, 0.1) is 4.92 Å². The van der Waals surface area contributed by atoms with Gasteiger partial charge in [0, 0.05) is 38.4 Å². The van der Waals surface area contributed by atoms with Crippen LogP contribution in [-0.2, 0) is 14.8 Å². The molecule has 24 heavy (non-hydrogen) atoms. The van der Waals surface area contributed by atoms with E-state index in [1.54, 1.807) is 0 Å². The summed E-state index contributed by atoms with van der Waals surface area (Å²) in [5.41, 5.74) is -0.374. The molecule has 0 aromatic heterocycles. The van der Waals surface area contributed by atoms with E-state index >= 15 is 0 Å². The van der Waals surface area contributed by atoms with E-state index in [1.165, 1.54) is 24.3 Å². The number of rotatable bonds is 4. The molecule has 2 heterocycles. The molecule has 0 amide bonds. The number of hydrogen-bond donors (Lipinski definition) is 2. The first kappa shape index (κ1) is 17.3. The van der Waals surface area contributed by atoms with Gasteiger partial charge in [-0.3, -0.25) is 10.1 Å². The van der Waals surface area contributed by atoms with Crippen LogP contribution in [0.15, 0.2) is 29.2 Å². The average Bonchev–Trinajstić information content (AvgIpc) is 2.55. The SMILES string of the molecule is O=[N+]([O-])c1ccccc1S(=O)(=O)NC1CNCC2(CCOCC2)C1. The molecule has 2 saturated heterocycles. The van der Waals surface area contributed by atoms with Gasteiger partial charge in [-0.25, -0.2) is 13.1 Å². The van der Waals surface area contributed by atoms with Crippen molar-refractivity contribution in [3.63, 3.8) is 0 Å². The fourth-order valence-corrected chi connectivity index (χ4v) is 4.97. The minimum Gasteiger partial charge on any atom is -0.381 e. The number of sulfonamides is 1. The lowest BCUT2D eigenvalue weighted by molar-refractivity contribution is -0.387. The predicted octanol–water partition coefficient (Wildman–Crippen LogP) is 1.03. The zero-order valence-electron chi connectivity index (χ0n) is 13.2. The highest BCUT2D eigenvalue weighted by Crippen LogP contribution is 2.37. The highest BCUT2D eigenvalue weighted by molar-refractivity contribution is 7.89. The molecule has 2 aliphatic rings. The Kier molecular flexibility index (Phi) is 4.86. The van der Waals surface area contributed by atoms with E-state index in [0.29, 0.717) is 26.2 Å². The number of para-hydroxylation sites is 1. The number of nitrogens with one attached hydrogen (secondary N) is 2. The second-order valence-corrected chi connectivity index (χ2v) is 8.17. The van der Waals surface area contributed by atoms with Gasteiger partial charge in [-0.15, -0.1) is 0 Å². The van der Waals surface area contributed by atoms with Crippen molar-refractivity contribution in [3.05, 3.63) is 34.4 Å². The number of nitro benzene ring substituents is 1. The molecule has 3 rings (SSSR count). The van der Waals surface area contributed by atoms with Gasteiger partial charge in [-0.1, -0.05) is 12.1 Å². The third-order valence-corrected chi connectivity index (χ3v) is 6.36. The summed E-state index contributed by atoms with van der Waals surface area (Å²) in [5, 5.41) is 14.4. The zero-order chi connectivity index (χ0) is 17.2. The zero-order valence-corrected chi connectivity index (χ0v) is 14.0. The van der Waals surface area contributed by atoms with Crippen molar-refractivity contribution in [2.45, 2.75) is 30.2 Å². The van der Waals surface area contributed by atoms with Crippen LogP contribution < -0.4 is 10.0 Å². The van der Waals surface area contributed by atoms with E-state index in [9.17, 15) is 18.5 Å². The van der Waals surface area contributed by atoms with Crippen molar-refractivity contribution in [2.24, 2.45) is 5.41 Å². The smallest absolute Gasteiger partial charge is 0.289 e. The van der Waals surface area contributed by atoms with Crippen molar-refractivity contribution in [1.29, 1.82) is 0 Å². The van der Waals surface area contributed by atoms with Gasteiger partial charge in [0.1, 0.15) is 0 Å². The predicted molar refractivity (Wildman–Crippen MR) is 87.2 cm³/mol. The second kappa shape index (κ2) is 6.75. The number of ether oxygens (including phenoxy) is 1. The van der Waals surface area contributed by atoms with Crippen molar-refractivity contribution in [2.75, 3.05) is 26.3 Å². The summed E-state index contributed by atoms with van der Waals surface area (Å²) in [6.45, 7) is 2.74. The van der Waals surface area contributed by atoms with Gasteiger partial charge in [-0.2, -0.15) is 0 Å². The number of piperidine rings is 1. The van der Waals surface area contributed by atoms with Crippen LogP contribution in [0, 0.1) is 15.5 Å². The Bertz CT molecular complexity index is 710. The summed E-state index contributed by atoms with van der Waals surface area (Å²) in [5.74, 6) is 0. The monoisotopic (exact) mass is 355 g/mol. The third kappa shape index (κ3) is 3.59. The molecule has 2 fully saturated rings. The first-order valence-electron chi connectivity index (χ1n) is 7.96. The van der Waals surface area contributed by atoms with Gasteiger partial charge in [-0.05, 0) is 30.7 Å². The number of nitro groups is 1. The minimum absolute atomic E-state index is 0.0340. The lowest BCUT2D eigenvalue weighted by Gasteiger charge is -2.43. The Morgan fingerprint density at radius 3 is 2.71 bits per heavy atom. The largest absolute Gasteiger partial charge is 0.381 e. The van der Waals surface area contributed by atoms with Gasteiger partial charge in [0.25, 0.3) is 5.69 Å². The van der Waals surface area contributed by atoms with Gasteiger partial charge in [0.15, 0.2) is 4.90 Å². The second-order valence-electron chi connectivity index (χ2n) is 6.49. The number of nitrogens with zero attached hydrogens (tertiary/aromatic N) is 1. The van der Waals surface area contributed by atoms with Crippen LogP contribution in [0.1, 0.15) is 19.3 Å². The summed E-state index contributed by atoms with van der Waals surface area (Å²) in [7, 11) is -3.95. The van der Waals surface area contributed by atoms with Gasteiger partial charge < -0.3 is 10.1 Å². The molecule has 9 heteroatoms. The topological polar surface area (TPSA) is 111 Å². The molecule has 2 N–H and O–H groups in total. The Hall–Kier alpha value is -1.55. The summed E-state index contributed by atoms with van der Waals surface area (Å²) in [6.07, 6.45) is 2.50. The maximum atomic E-state index is 12.6. The Balaban J connectivity index is 1.78. The van der Waals surface area contributed by atoms with E-state index in [1.807, 2.05) is 0 Å². The maximum Gasteiger partial charge on any atom is 0.289 e.